The molecule has 0 aliphatic rings. The molecule has 0 saturated heterocycles. The van der Waals surface area contributed by atoms with Crippen LogP contribution in [0.3, 0.4) is 0 Å². The average Bonchev–Trinajstić information content (AvgIpc) is 2.19. The molecule has 0 bridgehead atoms. The minimum absolute atomic E-state index is 0.0621. The van der Waals surface area contributed by atoms with Gasteiger partial charge in [-0.3, -0.25) is 0 Å². The highest BCUT2D eigenvalue weighted by molar-refractivity contribution is 6.31. The van der Waals surface area contributed by atoms with Crippen molar-refractivity contribution in [3.05, 3.63) is 34.1 Å². The van der Waals surface area contributed by atoms with Crippen LogP contribution >= 0.6 is 11.6 Å². The zero-order valence-electron chi connectivity index (χ0n) is 10.8. The number of rotatable bonds is 4. The van der Waals surface area contributed by atoms with E-state index in [9.17, 15) is 4.39 Å². The minimum Gasteiger partial charge on any atom is -0.330 e. The highest BCUT2D eigenvalue weighted by Gasteiger charge is 2.19. The Hall–Kier alpha value is -0.600. The van der Waals surface area contributed by atoms with Crippen molar-refractivity contribution in [1.29, 1.82) is 0 Å². The Morgan fingerprint density at radius 2 is 1.88 bits per heavy atom. The largest absolute Gasteiger partial charge is 0.330 e. The molecule has 2 N–H and O–H groups in total. The minimum atomic E-state index is -0.208. The molecule has 0 unspecified atom stereocenters. The molecule has 1 aromatic rings. The lowest BCUT2D eigenvalue weighted by Gasteiger charge is -2.22. The maximum absolute atomic E-state index is 13.7. The number of nitrogens with two attached hydrogens (primary N) is 1. The first kappa shape index (κ1) is 14.5. The Balaban J connectivity index is 2.98. The van der Waals surface area contributed by atoms with Gasteiger partial charge in [-0.15, -0.1) is 0 Å². The zero-order valence-corrected chi connectivity index (χ0v) is 11.6. The van der Waals surface area contributed by atoms with Gasteiger partial charge in [-0.2, -0.15) is 0 Å². The molecule has 96 valence electrons. The van der Waals surface area contributed by atoms with Gasteiger partial charge in [-0.25, -0.2) is 4.39 Å². The summed E-state index contributed by atoms with van der Waals surface area (Å²) < 4.78 is 13.7. The zero-order chi connectivity index (χ0) is 13.1. The fraction of sp³-hybridized carbons (Fsp3) is 0.571. The first-order valence-corrected chi connectivity index (χ1v) is 6.42. The molecular formula is C14H21ClFN. The summed E-state index contributed by atoms with van der Waals surface area (Å²) in [7, 11) is 0. The highest BCUT2D eigenvalue weighted by Crippen LogP contribution is 2.31. The van der Waals surface area contributed by atoms with E-state index in [-0.39, 0.29) is 11.2 Å². The molecule has 1 aromatic carbocycles. The van der Waals surface area contributed by atoms with Crippen LogP contribution in [-0.4, -0.2) is 6.54 Å². The topological polar surface area (TPSA) is 26.0 Å². The van der Waals surface area contributed by atoms with Crippen molar-refractivity contribution in [2.75, 3.05) is 6.54 Å². The molecule has 0 radical (unpaired) electrons. The summed E-state index contributed by atoms with van der Waals surface area (Å²) in [5, 5.41) is 0.512. The summed E-state index contributed by atoms with van der Waals surface area (Å²) in [6, 6.07) is 3.33. The fourth-order valence-electron chi connectivity index (χ4n) is 1.82. The molecule has 0 atom stereocenters. The van der Waals surface area contributed by atoms with Crippen LogP contribution in [-0.2, 0) is 11.8 Å². The van der Waals surface area contributed by atoms with E-state index in [4.69, 9.17) is 17.3 Å². The van der Waals surface area contributed by atoms with Crippen molar-refractivity contribution < 1.29 is 4.39 Å². The first-order chi connectivity index (χ1) is 7.86. The molecule has 0 aliphatic carbocycles. The molecule has 0 aliphatic heterocycles. The van der Waals surface area contributed by atoms with Gasteiger partial charge in [0.1, 0.15) is 5.82 Å². The molecule has 0 spiro atoms. The summed E-state index contributed by atoms with van der Waals surface area (Å²) in [6.07, 6.45) is 2.56. The van der Waals surface area contributed by atoms with Gasteiger partial charge in [-0.1, -0.05) is 38.4 Å². The second-order valence-corrected chi connectivity index (χ2v) is 5.83. The second-order valence-electron chi connectivity index (χ2n) is 5.42. The maximum Gasteiger partial charge on any atom is 0.127 e. The number of hydrogen-bond acceptors (Lipinski definition) is 1. The molecule has 1 nitrogen and oxygen atoms in total. The highest BCUT2D eigenvalue weighted by atomic mass is 35.5. The molecule has 1 rings (SSSR count). The quantitative estimate of drug-likeness (QED) is 0.809. The van der Waals surface area contributed by atoms with Crippen molar-refractivity contribution in [3.63, 3.8) is 0 Å². The number of benzene rings is 1. The van der Waals surface area contributed by atoms with E-state index in [1.807, 2.05) is 6.07 Å². The molecule has 0 amide bonds. The Bertz CT molecular complexity index is 383. The number of aryl methyl sites for hydroxylation is 1. The van der Waals surface area contributed by atoms with E-state index in [1.54, 1.807) is 0 Å². The standard InChI is InChI=1S/C14H21ClFN/c1-14(2,3)11-8-10(6-4-5-7-17)13(16)9-12(11)15/h8-9H,4-7,17H2,1-3H3. The van der Waals surface area contributed by atoms with Gasteiger partial charge in [0.2, 0.25) is 0 Å². The van der Waals surface area contributed by atoms with Crippen molar-refractivity contribution in [1.82, 2.24) is 0 Å². The van der Waals surface area contributed by atoms with Crippen LogP contribution in [0.1, 0.15) is 44.7 Å². The molecular weight excluding hydrogens is 237 g/mol. The summed E-state index contributed by atoms with van der Waals surface area (Å²) >= 11 is 6.09. The Morgan fingerprint density at radius 1 is 1.24 bits per heavy atom. The van der Waals surface area contributed by atoms with Crippen LogP contribution in [0.25, 0.3) is 0 Å². The Labute approximate surface area is 108 Å². The number of halogens is 2. The van der Waals surface area contributed by atoms with Gasteiger partial charge in [0, 0.05) is 5.02 Å². The smallest absolute Gasteiger partial charge is 0.127 e. The van der Waals surface area contributed by atoms with Gasteiger partial charge in [0.25, 0.3) is 0 Å². The van der Waals surface area contributed by atoms with Crippen LogP contribution < -0.4 is 5.73 Å². The third kappa shape index (κ3) is 3.97. The van der Waals surface area contributed by atoms with Gasteiger partial charge in [0.15, 0.2) is 0 Å². The monoisotopic (exact) mass is 257 g/mol. The van der Waals surface area contributed by atoms with Crippen molar-refractivity contribution in [2.45, 2.75) is 45.4 Å². The van der Waals surface area contributed by atoms with Crippen LogP contribution in [0.5, 0.6) is 0 Å². The second kappa shape index (κ2) is 5.83. The molecule has 0 heterocycles. The van der Waals surface area contributed by atoms with E-state index >= 15 is 0 Å². The van der Waals surface area contributed by atoms with Gasteiger partial charge < -0.3 is 5.73 Å². The normalized spacial score (nSPS) is 11.9. The molecule has 0 saturated carbocycles. The van der Waals surface area contributed by atoms with E-state index in [1.165, 1.54) is 6.07 Å². The SMILES string of the molecule is CC(C)(C)c1cc(CCCCN)c(F)cc1Cl. The number of unbranched alkanes of at least 4 members (excludes halogenated alkanes) is 1. The lowest BCUT2D eigenvalue weighted by Crippen LogP contribution is -2.13. The van der Waals surface area contributed by atoms with E-state index < -0.39 is 0 Å². The van der Waals surface area contributed by atoms with Gasteiger partial charge in [0.05, 0.1) is 0 Å². The number of hydrogen-bond donors (Lipinski definition) is 1. The van der Waals surface area contributed by atoms with E-state index in [0.717, 1.165) is 30.4 Å². The van der Waals surface area contributed by atoms with Gasteiger partial charge in [-0.05, 0) is 48.4 Å². The summed E-state index contributed by atoms with van der Waals surface area (Å²) in [6.45, 7) is 6.89. The third-order valence-corrected chi connectivity index (χ3v) is 3.16. The van der Waals surface area contributed by atoms with Crippen LogP contribution in [0.15, 0.2) is 12.1 Å². The molecule has 0 fully saturated rings. The molecule has 3 heteroatoms. The third-order valence-electron chi connectivity index (χ3n) is 2.84. The predicted octanol–water partition coefficient (Wildman–Crippen LogP) is 4.06. The molecule has 17 heavy (non-hydrogen) atoms. The predicted molar refractivity (Wildman–Crippen MR) is 72.1 cm³/mol. The van der Waals surface area contributed by atoms with Crippen LogP contribution in [0.2, 0.25) is 5.02 Å². The lowest BCUT2D eigenvalue weighted by atomic mass is 9.85. The summed E-state index contributed by atoms with van der Waals surface area (Å²) in [5.41, 5.74) is 7.12. The molecule has 0 aromatic heterocycles. The Morgan fingerprint density at radius 3 is 2.41 bits per heavy atom. The lowest BCUT2D eigenvalue weighted by molar-refractivity contribution is 0.572. The van der Waals surface area contributed by atoms with Crippen LogP contribution in [0.4, 0.5) is 4.39 Å². The fourth-order valence-corrected chi connectivity index (χ4v) is 2.25. The summed E-state index contributed by atoms with van der Waals surface area (Å²) in [5.74, 6) is -0.208. The van der Waals surface area contributed by atoms with E-state index in [0.29, 0.717) is 11.6 Å². The maximum atomic E-state index is 13.7. The Kier molecular flexibility index (Phi) is 4.96. The van der Waals surface area contributed by atoms with Gasteiger partial charge >= 0.3 is 0 Å². The van der Waals surface area contributed by atoms with E-state index in [2.05, 4.69) is 20.8 Å². The van der Waals surface area contributed by atoms with Crippen molar-refractivity contribution in [2.24, 2.45) is 5.73 Å². The average molecular weight is 258 g/mol. The van der Waals surface area contributed by atoms with Crippen LogP contribution in [0, 0.1) is 5.82 Å². The van der Waals surface area contributed by atoms with Crippen molar-refractivity contribution >= 4 is 11.6 Å². The van der Waals surface area contributed by atoms with Crippen molar-refractivity contribution in [3.8, 4) is 0 Å². The summed E-state index contributed by atoms with van der Waals surface area (Å²) in [4.78, 5) is 0. The first-order valence-electron chi connectivity index (χ1n) is 6.04.